The number of thiazole rings is 1. The average Bonchev–Trinajstić information content (AvgIpc) is 3.41. The molecule has 0 radical (unpaired) electrons. The van der Waals surface area contributed by atoms with Crippen LogP contribution in [-0.4, -0.2) is 58.4 Å². The quantitative estimate of drug-likeness (QED) is 0.770. The van der Waals surface area contributed by atoms with Crippen molar-refractivity contribution in [3.05, 3.63) is 40.8 Å². The lowest BCUT2D eigenvalue weighted by molar-refractivity contribution is -0.130. The Morgan fingerprint density at radius 1 is 1.19 bits per heavy atom. The van der Waals surface area contributed by atoms with Gasteiger partial charge in [-0.1, -0.05) is 12.1 Å². The van der Waals surface area contributed by atoms with E-state index in [4.69, 9.17) is 4.74 Å². The zero-order chi connectivity index (χ0) is 21.7. The highest BCUT2D eigenvalue weighted by Gasteiger charge is 2.47. The molecule has 2 aliphatic heterocycles. The van der Waals surface area contributed by atoms with Crippen LogP contribution in [0.2, 0.25) is 0 Å². The molecule has 8 heteroatoms. The number of carbonyl (C=O) groups is 2. The second-order valence-corrected chi connectivity index (χ2v) is 9.02. The third-order valence-electron chi connectivity index (χ3n) is 6.35. The van der Waals surface area contributed by atoms with Crippen molar-refractivity contribution in [1.29, 1.82) is 0 Å². The Morgan fingerprint density at radius 2 is 2.03 bits per heavy atom. The van der Waals surface area contributed by atoms with Crippen molar-refractivity contribution >= 4 is 28.8 Å². The van der Waals surface area contributed by atoms with Crippen LogP contribution in [0.1, 0.15) is 44.7 Å². The second-order valence-electron chi connectivity index (χ2n) is 8.30. The lowest BCUT2D eigenvalue weighted by Gasteiger charge is -2.37. The first-order valence-electron chi connectivity index (χ1n) is 11.0. The monoisotopic (exact) mass is 442 g/mol. The predicted octanol–water partition coefficient (Wildman–Crippen LogP) is 3.53. The molecule has 1 fully saturated rings. The van der Waals surface area contributed by atoms with Crippen LogP contribution in [0.5, 0.6) is 5.75 Å². The Kier molecular flexibility index (Phi) is 6.87. The Balaban J connectivity index is 1.63. The predicted molar refractivity (Wildman–Crippen MR) is 121 cm³/mol. The first-order valence-corrected chi connectivity index (χ1v) is 11.9. The van der Waals surface area contributed by atoms with E-state index in [1.807, 2.05) is 34.7 Å². The van der Waals surface area contributed by atoms with Crippen LogP contribution in [0.15, 0.2) is 35.2 Å². The number of likely N-dealkylation sites (tertiary alicyclic amines) is 1. The maximum absolute atomic E-state index is 13.7. The van der Waals surface area contributed by atoms with Crippen molar-refractivity contribution in [1.82, 2.24) is 14.8 Å². The molecular weight excluding hydrogens is 412 g/mol. The molecule has 1 saturated heterocycles. The topological polar surface area (TPSA) is 74.8 Å². The standard InChI is InChI=1S/C23H30N4O3S/c1-18(28)26-11-5-4-9-23(10-6-12-27(23)15-19-16-31-17-24-19)22(29)25-20-7-2-3-8-21(20)30-14-13-26/h2-3,7-8,16-17H,4-6,9-15H2,1H3,(H,25,29)/t23-/m1/s1. The summed E-state index contributed by atoms with van der Waals surface area (Å²) in [7, 11) is 0. The largest absolute Gasteiger partial charge is 0.490 e. The van der Waals surface area contributed by atoms with Crippen LogP contribution >= 0.6 is 11.3 Å². The number of fused-ring (bicyclic) bond motifs is 1. The summed E-state index contributed by atoms with van der Waals surface area (Å²) >= 11 is 1.58. The number of ether oxygens (including phenoxy) is 1. The van der Waals surface area contributed by atoms with Gasteiger partial charge in [-0.25, -0.2) is 4.98 Å². The zero-order valence-corrected chi connectivity index (χ0v) is 18.8. The smallest absolute Gasteiger partial charge is 0.245 e. The summed E-state index contributed by atoms with van der Waals surface area (Å²) < 4.78 is 5.96. The molecule has 0 aliphatic carbocycles. The molecule has 2 amide bonds. The summed E-state index contributed by atoms with van der Waals surface area (Å²) in [6, 6.07) is 7.53. The number of hydrogen-bond acceptors (Lipinski definition) is 6. The molecule has 1 N–H and O–H groups in total. The fourth-order valence-electron chi connectivity index (χ4n) is 4.68. The first kappa shape index (κ1) is 21.8. The van der Waals surface area contributed by atoms with Crippen LogP contribution < -0.4 is 10.1 Å². The lowest BCUT2D eigenvalue weighted by atomic mass is 9.88. The maximum Gasteiger partial charge on any atom is 0.245 e. The Bertz CT molecular complexity index is 904. The van der Waals surface area contributed by atoms with Crippen LogP contribution in [-0.2, 0) is 16.1 Å². The SMILES string of the molecule is CC(=O)N1CCCC[C@@]2(CCCN2Cc2cscn2)C(=O)Nc2ccccc2OCC1. The van der Waals surface area contributed by atoms with Gasteiger partial charge in [-0.3, -0.25) is 14.5 Å². The normalized spacial score (nSPS) is 23.3. The minimum atomic E-state index is -0.578. The van der Waals surface area contributed by atoms with E-state index in [0.717, 1.165) is 44.3 Å². The van der Waals surface area contributed by atoms with Gasteiger partial charge in [-0.05, 0) is 50.8 Å². The summed E-state index contributed by atoms with van der Waals surface area (Å²) in [6.45, 7) is 4.78. The van der Waals surface area contributed by atoms with E-state index in [1.165, 1.54) is 0 Å². The molecule has 0 unspecified atom stereocenters. The highest BCUT2D eigenvalue weighted by atomic mass is 32.1. The molecule has 1 atom stereocenters. The van der Waals surface area contributed by atoms with Crippen LogP contribution in [0.25, 0.3) is 0 Å². The van der Waals surface area contributed by atoms with E-state index >= 15 is 0 Å². The number of benzene rings is 1. The molecule has 2 aromatic rings. The molecule has 1 aromatic heterocycles. The number of amides is 2. The minimum absolute atomic E-state index is 0.0268. The molecular formula is C23H30N4O3S. The van der Waals surface area contributed by atoms with Gasteiger partial charge in [0.25, 0.3) is 0 Å². The summed E-state index contributed by atoms with van der Waals surface area (Å²) in [4.78, 5) is 34.4. The molecule has 1 spiro atoms. The van der Waals surface area contributed by atoms with Gasteiger partial charge in [0.05, 0.1) is 23.4 Å². The molecule has 4 rings (SSSR count). The van der Waals surface area contributed by atoms with Gasteiger partial charge in [-0.2, -0.15) is 0 Å². The first-order chi connectivity index (χ1) is 15.1. The third kappa shape index (κ3) is 4.91. The molecule has 3 heterocycles. The summed E-state index contributed by atoms with van der Waals surface area (Å²) in [5.41, 5.74) is 2.95. The highest BCUT2D eigenvalue weighted by molar-refractivity contribution is 7.07. The van der Waals surface area contributed by atoms with Crippen LogP contribution in [0.4, 0.5) is 5.69 Å². The molecule has 166 valence electrons. The van der Waals surface area contributed by atoms with Gasteiger partial charge < -0.3 is 15.0 Å². The number of rotatable bonds is 2. The number of anilines is 1. The van der Waals surface area contributed by atoms with Crippen LogP contribution in [0, 0.1) is 0 Å². The van der Waals surface area contributed by atoms with Gasteiger partial charge in [0.15, 0.2) is 0 Å². The molecule has 1 aromatic carbocycles. The van der Waals surface area contributed by atoms with Gasteiger partial charge in [0.1, 0.15) is 17.9 Å². The fourth-order valence-corrected chi connectivity index (χ4v) is 5.23. The van der Waals surface area contributed by atoms with Gasteiger partial charge in [0, 0.05) is 25.4 Å². The van der Waals surface area contributed by atoms with Gasteiger partial charge in [-0.15, -0.1) is 11.3 Å². The van der Waals surface area contributed by atoms with Crippen molar-refractivity contribution in [3.8, 4) is 5.75 Å². The average molecular weight is 443 g/mol. The fraction of sp³-hybridized carbons (Fsp3) is 0.522. The molecule has 2 aliphatic rings. The molecule has 31 heavy (non-hydrogen) atoms. The number of nitrogens with zero attached hydrogens (tertiary/aromatic N) is 3. The minimum Gasteiger partial charge on any atom is -0.490 e. The molecule has 7 nitrogen and oxygen atoms in total. The summed E-state index contributed by atoms with van der Waals surface area (Å²) in [6.07, 6.45) is 4.31. The highest BCUT2D eigenvalue weighted by Crippen LogP contribution is 2.37. The van der Waals surface area contributed by atoms with Crippen molar-refractivity contribution in [2.45, 2.75) is 51.1 Å². The summed E-state index contributed by atoms with van der Waals surface area (Å²) in [5.74, 6) is 0.721. The van der Waals surface area contributed by atoms with E-state index < -0.39 is 5.54 Å². The van der Waals surface area contributed by atoms with Crippen molar-refractivity contribution in [2.75, 3.05) is 31.6 Å². The van der Waals surface area contributed by atoms with E-state index in [2.05, 4.69) is 20.6 Å². The second kappa shape index (κ2) is 9.78. The number of nitrogens with one attached hydrogen (secondary N) is 1. The van der Waals surface area contributed by atoms with E-state index in [0.29, 0.717) is 37.7 Å². The van der Waals surface area contributed by atoms with Gasteiger partial charge in [0.2, 0.25) is 11.8 Å². The number of aromatic nitrogens is 1. The number of carbonyl (C=O) groups excluding carboxylic acids is 2. The number of hydrogen-bond donors (Lipinski definition) is 1. The van der Waals surface area contributed by atoms with E-state index in [-0.39, 0.29) is 11.8 Å². The van der Waals surface area contributed by atoms with Gasteiger partial charge >= 0.3 is 0 Å². The Hall–Kier alpha value is -2.45. The van der Waals surface area contributed by atoms with E-state index in [9.17, 15) is 9.59 Å². The zero-order valence-electron chi connectivity index (χ0n) is 18.0. The Morgan fingerprint density at radius 3 is 2.84 bits per heavy atom. The van der Waals surface area contributed by atoms with Crippen molar-refractivity contribution in [3.63, 3.8) is 0 Å². The molecule has 0 saturated carbocycles. The maximum atomic E-state index is 13.7. The summed E-state index contributed by atoms with van der Waals surface area (Å²) in [5, 5.41) is 5.22. The third-order valence-corrected chi connectivity index (χ3v) is 6.99. The van der Waals surface area contributed by atoms with Crippen LogP contribution in [0.3, 0.4) is 0 Å². The molecule has 0 bridgehead atoms. The lowest BCUT2D eigenvalue weighted by Crippen LogP contribution is -2.53. The van der Waals surface area contributed by atoms with E-state index in [1.54, 1.807) is 18.3 Å². The van der Waals surface area contributed by atoms with Crippen molar-refractivity contribution < 1.29 is 14.3 Å². The Labute approximate surface area is 187 Å². The van der Waals surface area contributed by atoms with Crippen molar-refractivity contribution in [2.24, 2.45) is 0 Å². The number of para-hydroxylation sites is 2.